The molecule has 3 heterocycles. The van der Waals surface area contributed by atoms with Gasteiger partial charge in [-0.05, 0) is 29.9 Å². The second kappa shape index (κ2) is 8.61. The number of hydrogen-bond acceptors (Lipinski definition) is 5. The van der Waals surface area contributed by atoms with Gasteiger partial charge in [-0.1, -0.05) is 34.6 Å². The van der Waals surface area contributed by atoms with E-state index < -0.39 is 11.6 Å². The largest absolute Gasteiger partial charge is 0.450 e. The second-order valence-electron chi connectivity index (χ2n) is 9.92. The number of halogens is 2. The summed E-state index contributed by atoms with van der Waals surface area (Å²) in [7, 11) is 0. The number of aromatic nitrogens is 3. The zero-order valence-electron chi connectivity index (χ0n) is 19.5. The molecular weight excluding hydrogens is 430 g/mol. The number of hydrogen-bond donors (Lipinski definition) is 1. The molecule has 7 nitrogen and oxygen atoms in total. The Bertz CT molecular complexity index is 1210. The normalized spacial score (nSPS) is 13.2. The lowest BCUT2D eigenvalue weighted by molar-refractivity contribution is -0.117. The van der Waals surface area contributed by atoms with Crippen LogP contribution in [0.2, 0.25) is 0 Å². The van der Waals surface area contributed by atoms with E-state index in [1.165, 1.54) is 6.20 Å². The minimum Gasteiger partial charge on any atom is -0.450 e. The number of anilines is 1. The van der Waals surface area contributed by atoms with Crippen LogP contribution in [-0.4, -0.2) is 27.5 Å². The van der Waals surface area contributed by atoms with E-state index >= 15 is 4.39 Å². The molecule has 176 valence electrons. The molecule has 1 N–H and O–H groups in total. The molecule has 0 unspecified atom stereocenters. The molecule has 0 spiro atoms. The van der Waals surface area contributed by atoms with Crippen molar-refractivity contribution >= 4 is 22.8 Å². The number of nitrogens with one attached hydrogen (secondary N) is 1. The Kier molecular flexibility index (Phi) is 5.99. The first-order valence-electron chi connectivity index (χ1n) is 11.0. The van der Waals surface area contributed by atoms with Crippen LogP contribution in [-0.2, 0) is 11.3 Å². The molecule has 1 amide bonds. The maximum Gasteiger partial charge on any atom is 0.231 e. The number of carbonyl (C=O) groups excluding carboxylic acids is 1. The summed E-state index contributed by atoms with van der Waals surface area (Å²) in [5.74, 6) is -1.31. The number of rotatable bonds is 6. The fraction of sp³-hybridized carbons (Fsp3) is 0.458. The van der Waals surface area contributed by atoms with Crippen molar-refractivity contribution in [2.45, 2.75) is 54.0 Å². The van der Waals surface area contributed by atoms with Crippen molar-refractivity contribution in [3.63, 3.8) is 0 Å². The summed E-state index contributed by atoms with van der Waals surface area (Å²) in [5, 5.41) is 8.00. The van der Waals surface area contributed by atoms with Gasteiger partial charge in [-0.15, -0.1) is 0 Å². The van der Waals surface area contributed by atoms with Gasteiger partial charge in [0.25, 0.3) is 0 Å². The first-order valence-corrected chi connectivity index (χ1v) is 11.0. The molecule has 0 saturated heterocycles. The van der Waals surface area contributed by atoms with Gasteiger partial charge in [0.2, 0.25) is 24.2 Å². The van der Waals surface area contributed by atoms with E-state index in [-0.39, 0.29) is 35.2 Å². The number of aryl methyl sites for hydroxylation is 1. The number of fused-ring (bicyclic) bond motifs is 2. The van der Waals surface area contributed by atoms with Crippen LogP contribution in [0.4, 0.5) is 14.6 Å². The Morgan fingerprint density at radius 3 is 2.64 bits per heavy atom. The van der Waals surface area contributed by atoms with Gasteiger partial charge < -0.3 is 14.8 Å². The van der Waals surface area contributed by atoms with Gasteiger partial charge in [0.1, 0.15) is 0 Å². The number of nitrogens with zero attached hydrogens (tertiary/aromatic N) is 3. The van der Waals surface area contributed by atoms with Crippen LogP contribution < -0.4 is 14.8 Å². The zero-order chi connectivity index (χ0) is 23.9. The minimum atomic E-state index is -0.726. The predicted octanol–water partition coefficient (Wildman–Crippen LogP) is 5.53. The summed E-state index contributed by atoms with van der Waals surface area (Å²) >= 11 is 0. The summed E-state index contributed by atoms with van der Waals surface area (Å²) in [6.07, 6.45) is 2.65. The summed E-state index contributed by atoms with van der Waals surface area (Å²) in [6, 6.07) is 2.72. The molecule has 3 aromatic rings. The van der Waals surface area contributed by atoms with Crippen molar-refractivity contribution < 1.29 is 23.0 Å². The molecule has 33 heavy (non-hydrogen) atoms. The highest BCUT2D eigenvalue weighted by Gasteiger charge is 2.27. The van der Waals surface area contributed by atoms with Crippen molar-refractivity contribution in [2.75, 3.05) is 12.1 Å². The Hall–Kier alpha value is -3.23. The standard InChI is InChI=1S/C24H28F2N4O3/c1-13(2)6-7-30-23-16(22(29-30)28-18(31)10-24(3,4)5)8-14(11-27-23)15-9-17(25)20-21(19(15)26)33-12-32-20/h8-9,11,13H,6-7,10,12H2,1-5H3,(H,28,29,31). The van der Waals surface area contributed by atoms with Crippen LogP contribution >= 0.6 is 0 Å². The Balaban J connectivity index is 1.78. The monoisotopic (exact) mass is 458 g/mol. The second-order valence-corrected chi connectivity index (χ2v) is 9.92. The van der Waals surface area contributed by atoms with Crippen molar-refractivity contribution in [3.05, 3.63) is 30.0 Å². The molecule has 0 bridgehead atoms. The summed E-state index contributed by atoms with van der Waals surface area (Å²) < 4.78 is 41.4. The molecule has 0 aliphatic carbocycles. The Morgan fingerprint density at radius 2 is 1.94 bits per heavy atom. The summed E-state index contributed by atoms with van der Waals surface area (Å²) in [5.41, 5.74) is 0.698. The molecule has 4 rings (SSSR count). The third-order valence-electron chi connectivity index (χ3n) is 5.30. The van der Waals surface area contributed by atoms with E-state index in [1.54, 1.807) is 10.7 Å². The topological polar surface area (TPSA) is 78.3 Å². The van der Waals surface area contributed by atoms with Gasteiger partial charge in [0.05, 0.1) is 5.39 Å². The molecule has 1 aliphatic rings. The van der Waals surface area contributed by atoms with Gasteiger partial charge in [0, 0.05) is 30.3 Å². The van der Waals surface area contributed by atoms with Gasteiger partial charge in [0.15, 0.2) is 23.1 Å². The third kappa shape index (κ3) is 4.77. The third-order valence-corrected chi connectivity index (χ3v) is 5.30. The van der Waals surface area contributed by atoms with Crippen molar-refractivity contribution in [3.8, 4) is 22.6 Å². The van der Waals surface area contributed by atoms with E-state index in [2.05, 4.69) is 29.2 Å². The van der Waals surface area contributed by atoms with Crippen LogP contribution in [0, 0.1) is 23.0 Å². The lowest BCUT2D eigenvalue weighted by Gasteiger charge is -2.16. The first kappa shape index (κ1) is 22.9. The van der Waals surface area contributed by atoms with E-state index in [9.17, 15) is 9.18 Å². The van der Waals surface area contributed by atoms with Gasteiger partial charge in [-0.3, -0.25) is 4.79 Å². The van der Waals surface area contributed by atoms with E-state index in [0.29, 0.717) is 41.3 Å². The molecular formula is C24H28F2N4O3. The van der Waals surface area contributed by atoms with E-state index in [4.69, 9.17) is 9.47 Å². The number of benzene rings is 1. The van der Waals surface area contributed by atoms with E-state index in [1.807, 2.05) is 20.8 Å². The molecule has 0 atom stereocenters. The van der Waals surface area contributed by atoms with Crippen molar-refractivity contribution in [1.29, 1.82) is 0 Å². The number of amides is 1. The molecule has 9 heteroatoms. The molecule has 1 aliphatic heterocycles. The van der Waals surface area contributed by atoms with E-state index in [0.717, 1.165) is 12.5 Å². The van der Waals surface area contributed by atoms with Crippen molar-refractivity contribution in [1.82, 2.24) is 14.8 Å². The average molecular weight is 459 g/mol. The average Bonchev–Trinajstić information content (AvgIpc) is 3.33. The SMILES string of the molecule is CC(C)CCn1nc(NC(=O)CC(C)(C)C)c2cc(-c3cc(F)c4c(c3F)OCO4)cnc21. The van der Waals surface area contributed by atoms with Gasteiger partial charge in [-0.25, -0.2) is 18.4 Å². The lowest BCUT2D eigenvalue weighted by Crippen LogP contribution is -2.20. The first-order chi connectivity index (χ1) is 15.5. The molecule has 1 aromatic carbocycles. The Morgan fingerprint density at radius 1 is 1.21 bits per heavy atom. The maximum absolute atomic E-state index is 15.1. The molecule has 2 aromatic heterocycles. The van der Waals surface area contributed by atoms with Crippen molar-refractivity contribution in [2.24, 2.45) is 11.3 Å². The van der Waals surface area contributed by atoms with Crippen LogP contribution in [0.1, 0.15) is 47.5 Å². The quantitative estimate of drug-likeness (QED) is 0.526. The highest BCUT2D eigenvalue weighted by molar-refractivity contribution is 6.00. The molecule has 0 saturated carbocycles. The van der Waals surface area contributed by atoms with Crippen LogP contribution in [0.5, 0.6) is 11.5 Å². The number of ether oxygens (including phenoxy) is 2. The smallest absolute Gasteiger partial charge is 0.231 e. The van der Waals surface area contributed by atoms with Gasteiger partial charge in [-0.2, -0.15) is 5.10 Å². The fourth-order valence-corrected chi connectivity index (χ4v) is 3.70. The Labute approximate surface area is 191 Å². The van der Waals surface area contributed by atoms with Crippen LogP contribution in [0.25, 0.3) is 22.2 Å². The number of pyridine rings is 1. The van der Waals surface area contributed by atoms with Gasteiger partial charge >= 0.3 is 0 Å². The predicted molar refractivity (Wildman–Crippen MR) is 121 cm³/mol. The fourth-order valence-electron chi connectivity index (χ4n) is 3.70. The highest BCUT2D eigenvalue weighted by atomic mass is 19.1. The highest BCUT2D eigenvalue weighted by Crippen LogP contribution is 2.42. The zero-order valence-corrected chi connectivity index (χ0v) is 19.5. The minimum absolute atomic E-state index is 0.00644. The molecule has 0 fully saturated rings. The maximum atomic E-state index is 15.1. The molecule has 0 radical (unpaired) electrons. The summed E-state index contributed by atoms with van der Waals surface area (Å²) in [6.45, 7) is 10.5. The van der Waals surface area contributed by atoms with Crippen LogP contribution in [0.3, 0.4) is 0 Å². The number of carbonyl (C=O) groups is 1. The lowest BCUT2D eigenvalue weighted by atomic mass is 9.92. The summed E-state index contributed by atoms with van der Waals surface area (Å²) in [4.78, 5) is 17.1. The van der Waals surface area contributed by atoms with Crippen LogP contribution in [0.15, 0.2) is 18.3 Å².